The standard InChI is InChI=1S/C17H13ClN2O2S/c1-11-5-12(2)7-14(6-11)20-10-15(9-19)23(21,22)17-4-3-13(18)8-16(17)20/h3-8,10H,1-2H3. The lowest BCUT2D eigenvalue weighted by atomic mass is 10.1. The molecule has 0 radical (unpaired) electrons. The maximum Gasteiger partial charge on any atom is 0.220 e. The number of allylic oxidation sites excluding steroid dienone is 1. The van der Waals surface area contributed by atoms with Gasteiger partial charge in [-0.1, -0.05) is 17.7 Å². The third kappa shape index (κ3) is 2.61. The molecule has 1 heterocycles. The van der Waals surface area contributed by atoms with Gasteiger partial charge in [-0.25, -0.2) is 8.42 Å². The smallest absolute Gasteiger partial charge is 0.220 e. The van der Waals surface area contributed by atoms with Crippen molar-refractivity contribution in [2.24, 2.45) is 0 Å². The minimum atomic E-state index is -3.81. The summed E-state index contributed by atoms with van der Waals surface area (Å²) in [6.45, 7) is 3.93. The van der Waals surface area contributed by atoms with Crippen molar-refractivity contribution >= 4 is 32.8 Å². The number of sulfone groups is 1. The third-order valence-corrected chi connectivity index (χ3v) is 5.54. The van der Waals surface area contributed by atoms with Crippen LogP contribution in [0.15, 0.2) is 52.4 Å². The molecule has 0 amide bonds. The Morgan fingerprint density at radius 2 is 1.74 bits per heavy atom. The van der Waals surface area contributed by atoms with Gasteiger partial charge in [0.1, 0.15) is 6.07 Å². The summed E-state index contributed by atoms with van der Waals surface area (Å²) in [5.41, 5.74) is 3.32. The maximum absolute atomic E-state index is 12.5. The second-order valence-corrected chi connectivity index (χ2v) is 7.76. The van der Waals surface area contributed by atoms with Crippen molar-refractivity contribution in [3.63, 3.8) is 0 Å². The molecule has 23 heavy (non-hydrogen) atoms. The molecule has 0 N–H and O–H groups in total. The number of aryl methyl sites for hydroxylation is 2. The summed E-state index contributed by atoms with van der Waals surface area (Å²) >= 11 is 6.05. The highest BCUT2D eigenvalue weighted by Crippen LogP contribution is 2.41. The Labute approximate surface area is 140 Å². The van der Waals surface area contributed by atoms with E-state index in [4.69, 9.17) is 11.6 Å². The van der Waals surface area contributed by atoms with E-state index in [-0.39, 0.29) is 9.80 Å². The number of halogens is 1. The lowest BCUT2D eigenvalue weighted by Gasteiger charge is -2.28. The number of anilines is 2. The van der Waals surface area contributed by atoms with Crippen LogP contribution in [0, 0.1) is 25.2 Å². The first-order valence-electron chi connectivity index (χ1n) is 6.87. The van der Waals surface area contributed by atoms with Crippen molar-refractivity contribution < 1.29 is 8.42 Å². The Bertz CT molecular complexity index is 968. The first kappa shape index (κ1) is 15.6. The highest BCUT2D eigenvalue weighted by atomic mass is 35.5. The first-order chi connectivity index (χ1) is 10.8. The molecule has 2 aromatic carbocycles. The number of hydrogen-bond donors (Lipinski definition) is 0. The fourth-order valence-corrected chi connectivity index (χ4v) is 4.12. The number of benzene rings is 2. The van der Waals surface area contributed by atoms with Crippen molar-refractivity contribution in [2.75, 3.05) is 4.90 Å². The average molecular weight is 345 g/mol. The first-order valence-corrected chi connectivity index (χ1v) is 8.73. The van der Waals surface area contributed by atoms with Crippen LogP contribution in [-0.4, -0.2) is 8.42 Å². The number of fused-ring (bicyclic) bond motifs is 1. The third-order valence-electron chi connectivity index (χ3n) is 3.60. The van der Waals surface area contributed by atoms with Crippen LogP contribution in [0.25, 0.3) is 0 Å². The van der Waals surface area contributed by atoms with Crippen LogP contribution in [0.3, 0.4) is 0 Å². The molecule has 0 bridgehead atoms. The van der Waals surface area contributed by atoms with Gasteiger partial charge < -0.3 is 4.90 Å². The van der Waals surface area contributed by atoms with E-state index in [0.29, 0.717) is 10.7 Å². The summed E-state index contributed by atoms with van der Waals surface area (Å²) in [5, 5.41) is 9.66. The number of hydrogen-bond acceptors (Lipinski definition) is 4. The van der Waals surface area contributed by atoms with Crippen LogP contribution >= 0.6 is 11.6 Å². The van der Waals surface area contributed by atoms with Crippen LogP contribution in [0.2, 0.25) is 5.02 Å². The van der Waals surface area contributed by atoms with Crippen LogP contribution < -0.4 is 4.90 Å². The van der Waals surface area contributed by atoms with Gasteiger partial charge in [0.15, 0.2) is 4.91 Å². The maximum atomic E-state index is 12.5. The number of nitrogens with zero attached hydrogens (tertiary/aromatic N) is 2. The SMILES string of the molecule is Cc1cc(C)cc(N2C=C(C#N)S(=O)(=O)c3ccc(Cl)cc32)c1. The average Bonchev–Trinajstić information content (AvgIpc) is 2.46. The van der Waals surface area contributed by atoms with E-state index in [2.05, 4.69) is 0 Å². The molecule has 0 aliphatic carbocycles. The fraction of sp³-hybridized carbons (Fsp3) is 0.118. The summed E-state index contributed by atoms with van der Waals surface area (Å²) in [4.78, 5) is 1.49. The van der Waals surface area contributed by atoms with E-state index < -0.39 is 9.84 Å². The summed E-state index contributed by atoms with van der Waals surface area (Å²) in [6.07, 6.45) is 1.35. The zero-order valence-electron chi connectivity index (χ0n) is 12.5. The van der Waals surface area contributed by atoms with Gasteiger partial charge >= 0.3 is 0 Å². The predicted molar refractivity (Wildman–Crippen MR) is 90.4 cm³/mol. The fourth-order valence-electron chi connectivity index (χ4n) is 2.67. The van der Waals surface area contributed by atoms with Crippen molar-refractivity contribution in [2.45, 2.75) is 18.7 Å². The van der Waals surface area contributed by atoms with Gasteiger partial charge in [-0.15, -0.1) is 0 Å². The quantitative estimate of drug-likeness (QED) is 0.776. The van der Waals surface area contributed by atoms with Gasteiger partial charge in [-0.2, -0.15) is 5.26 Å². The van der Waals surface area contributed by atoms with Gasteiger partial charge in [-0.05, 0) is 55.3 Å². The lowest BCUT2D eigenvalue weighted by molar-refractivity contribution is 0.602. The Morgan fingerprint density at radius 3 is 2.35 bits per heavy atom. The second kappa shape index (κ2) is 5.41. The molecule has 4 nitrogen and oxygen atoms in total. The summed E-state index contributed by atoms with van der Waals surface area (Å²) in [6, 6.07) is 12.2. The summed E-state index contributed by atoms with van der Waals surface area (Å²) in [7, 11) is -3.81. The van der Waals surface area contributed by atoms with E-state index in [1.165, 1.54) is 18.3 Å². The molecule has 1 aliphatic rings. The monoisotopic (exact) mass is 344 g/mol. The number of rotatable bonds is 1. The molecule has 2 aromatic rings. The van der Waals surface area contributed by atoms with E-state index in [1.807, 2.05) is 32.0 Å². The Hall–Kier alpha value is -2.29. The predicted octanol–water partition coefficient (Wildman–Crippen LogP) is 4.25. The van der Waals surface area contributed by atoms with E-state index in [0.717, 1.165) is 16.8 Å². The van der Waals surface area contributed by atoms with Gasteiger partial charge in [0.2, 0.25) is 9.84 Å². The van der Waals surface area contributed by atoms with Crippen LogP contribution in [0.5, 0.6) is 0 Å². The lowest BCUT2D eigenvalue weighted by Crippen LogP contribution is -2.21. The van der Waals surface area contributed by atoms with Gasteiger partial charge in [0, 0.05) is 16.9 Å². The highest BCUT2D eigenvalue weighted by molar-refractivity contribution is 7.95. The molecular weight excluding hydrogens is 332 g/mol. The normalized spacial score (nSPS) is 15.6. The molecule has 116 valence electrons. The van der Waals surface area contributed by atoms with Crippen molar-refractivity contribution in [1.29, 1.82) is 5.26 Å². The molecule has 3 rings (SSSR count). The minimum Gasteiger partial charge on any atom is -0.314 e. The Morgan fingerprint density at radius 1 is 1.09 bits per heavy atom. The molecule has 6 heteroatoms. The van der Waals surface area contributed by atoms with E-state index in [1.54, 1.807) is 17.0 Å². The molecule has 0 aromatic heterocycles. The van der Waals surface area contributed by atoms with Crippen molar-refractivity contribution in [3.8, 4) is 6.07 Å². The molecule has 0 saturated heterocycles. The van der Waals surface area contributed by atoms with E-state index in [9.17, 15) is 13.7 Å². The molecule has 0 unspecified atom stereocenters. The van der Waals surface area contributed by atoms with Gasteiger partial charge in [-0.3, -0.25) is 0 Å². The summed E-state index contributed by atoms with van der Waals surface area (Å²) < 4.78 is 25.0. The second-order valence-electron chi connectivity index (χ2n) is 5.44. The topological polar surface area (TPSA) is 61.2 Å². The minimum absolute atomic E-state index is 0.0834. The molecule has 0 atom stereocenters. The van der Waals surface area contributed by atoms with E-state index >= 15 is 0 Å². The number of nitriles is 1. The molecule has 0 fully saturated rings. The van der Waals surface area contributed by atoms with Crippen LogP contribution in [0.1, 0.15) is 11.1 Å². The van der Waals surface area contributed by atoms with Gasteiger partial charge in [0.05, 0.1) is 10.6 Å². The van der Waals surface area contributed by atoms with Crippen molar-refractivity contribution in [1.82, 2.24) is 0 Å². The Kier molecular flexibility index (Phi) is 3.67. The Balaban J connectivity index is 2.33. The molecule has 0 saturated carbocycles. The van der Waals surface area contributed by atoms with Crippen LogP contribution in [-0.2, 0) is 9.84 Å². The molecule has 0 spiro atoms. The zero-order chi connectivity index (χ0) is 16.8. The zero-order valence-corrected chi connectivity index (χ0v) is 14.1. The highest BCUT2D eigenvalue weighted by Gasteiger charge is 2.32. The molecule has 1 aliphatic heterocycles. The van der Waals surface area contributed by atoms with Crippen LogP contribution in [0.4, 0.5) is 11.4 Å². The molecular formula is C17H13ClN2O2S. The van der Waals surface area contributed by atoms with Crippen molar-refractivity contribution in [3.05, 3.63) is 63.7 Å². The van der Waals surface area contributed by atoms with Gasteiger partial charge in [0.25, 0.3) is 0 Å². The largest absolute Gasteiger partial charge is 0.314 e. The summed E-state index contributed by atoms with van der Waals surface area (Å²) in [5.74, 6) is 0.